The number of nitrogens with zero attached hydrogens (tertiary/aromatic N) is 3. The van der Waals surface area contributed by atoms with Gasteiger partial charge in [-0.15, -0.1) is 0 Å². The summed E-state index contributed by atoms with van der Waals surface area (Å²) in [6, 6.07) is 0.227. The summed E-state index contributed by atoms with van der Waals surface area (Å²) >= 11 is 0. The van der Waals surface area contributed by atoms with E-state index in [9.17, 15) is 4.79 Å². The Labute approximate surface area is 107 Å². The minimum absolute atomic E-state index is 0.103. The van der Waals surface area contributed by atoms with Crippen LogP contribution in [0.3, 0.4) is 0 Å². The zero-order chi connectivity index (χ0) is 13.5. The van der Waals surface area contributed by atoms with Gasteiger partial charge >= 0.3 is 12.0 Å². The highest BCUT2D eigenvalue weighted by atomic mass is 16.5. The van der Waals surface area contributed by atoms with Crippen LogP contribution < -0.4 is 4.74 Å². The maximum Gasteiger partial charge on any atom is 0.339 e. The van der Waals surface area contributed by atoms with Gasteiger partial charge in [-0.25, -0.2) is 9.78 Å². The topological polar surface area (TPSA) is 75.5 Å². The van der Waals surface area contributed by atoms with E-state index in [1.807, 2.05) is 0 Å². The van der Waals surface area contributed by atoms with Crippen molar-refractivity contribution in [3.05, 3.63) is 17.5 Å². The molecular formula is C12H19N3O3. The Hall–Kier alpha value is -1.69. The highest BCUT2D eigenvalue weighted by Gasteiger charge is 2.10. The monoisotopic (exact) mass is 253 g/mol. The first kappa shape index (κ1) is 14.4. The molecule has 0 spiro atoms. The Morgan fingerprint density at radius 1 is 1.44 bits per heavy atom. The highest BCUT2D eigenvalue weighted by molar-refractivity contribution is 5.88. The van der Waals surface area contributed by atoms with Crippen LogP contribution in [0.4, 0.5) is 0 Å². The van der Waals surface area contributed by atoms with Crippen LogP contribution in [-0.4, -0.2) is 52.2 Å². The number of carboxylic acid groups (broad SMARTS) is 1. The van der Waals surface area contributed by atoms with Crippen LogP contribution >= 0.6 is 0 Å². The van der Waals surface area contributed by atoms with Crippen molar-refractivity contribution in [1.82, 2.24) is 14.9 Å². The van der Waals surface area contributed by atoms with E-state index < -0.39 is 5.97 Å². The fourth-order valence-corrected chi connectivity index (χ4v) is 1.53. The van der Waals surface area contributed by atoms with Crippen LogP contribution in [0, 0.1) is 6.92 Å². The number of carboxylic acids is 1. The summed E-state index contributed by atoms with van der Waals surface area (Å²) in [4.78, 5) is 20.9. The van der Waals surface area contributed by atoms with Gasteiger partial charge in [0.2, 0.25) is 0 Å². The smallest absolute Gasteiger partial charge is 0.339 e. The molecule has 0 radical (unpaired) electrons. The van der Waals surface area contributed by atoms with Crippen molar-refractivity contribution < 1.29 is 14.6 Å². The Morgan fingerprint density at radius 2 is 2.11 bits per heavy atom. The molecule has 6 heteroatoms. The number of hydrogen-bond donors (Lipinski definition) is 1. The van der Waals surface area contributed by atoms with Crippen molar-refractivity contribution in [2.75, 3.05) is 26.2 Å². The summed E-state index contributed by atoms with van der Waals surface area (Å²) in [5.74, 6) is -1.03. The van der Waals surface area contributed by atoms with Gasteiger partial charge in [0.15, 0.2) is 0 Å². The lowest BCUT2D eigenvalue weighted by Gasteiger charge is -2.17. The summed E-state index contributed by atoms with van der Waals surface area (Å²) < 4.78 is 5.40. The van der Waals surface area contributed by atoms with E-state index in [0.717, 1.165) is 19.6 Å². The maximum atomic E-state index is 10.8. The lowest BCUT2D eigenvalue weighted by atomic mass is 10.2. The SMILES string of the molecule is CCN(CC)CCOc1ncc(C(=O)O)c(C)n1. The summed E-state index contributed by atoms with van der Waals surface area (Å²) in [7, 11) is 0. The molecule has 0 atom stereocenters. The molecule has 100 valence electrons. The molecule has 18 heavy (non-hydrogen) atoms. The molecule has 0 unspecified atom stereocenters. The molecule has 0 fully saturated rings. The molecule has 0 bridgehead atoms. The number of aryl methyl sites for hydroxylation is 1. The van der Waals surface area contributed by atoms with Gasteiger partial charge in [0.1, 0.15) is 6.61 Å². The van der Waals surface area contributed by atoms with Crippen LogP contribution in [-0.2, 0) is 0 Å². The minimum atomic E-state index is -1.03. The number of ether oxygens (including phenoxy) is 1. The molecule has 1 N–H and O–H groups in total. The maximum absolute atomic E-state index is 10.8. The van der Waals surface area contributed by atoms with Crippen molar-refractivity contribution >= 4 is 5.97 Å². The van der Waals surface area contributed by atoms with Crippen LogP contribution in [0.2, 0.25) is 0 Å². The lowest BCUT2D eigenvalue weighted by molar-refractivity contribution is 0.0695. The van der Waals surface area contributed by atoms with E-state index >= 15 is 0 Å². The molecule has 1 aromatic heterocycles. The van der Waals surface area contributed by atoms with Gasteiger partial charge in [-0.2, -0.15) is 4.98 Å². The Kier molecular flexibility index (Phi) is 5.51. The molecule has 0 saturated carbocycles. The van der Waals surface area contributed by atoms with E-state index in [1.54, 1.807) is 6.92 Å². The van der Waals surface area contributed by atoms with Crippen molar-refractivity contribution in [1.29, 1.82) is 0 Å². The predicted octanol–water partition coefficient (Wildman–Crippen LogP) is 1.20. The lowest BCUT2D eigenvalue weighted by Crippen LogP contribution is -2.28. The largest absolute Gasteiger partial charge is 0.478 e. The second kappa shape index (κ2) is 6.90. The fraction of sp³-hybridized carbons (Fsp3) is 0.583. The third-order valence-electron chi connectivity index (χ3n) is 2.72. The van der Waals surface area contributed by atoms with Gasteiger partial charge < -0.3 is 14.7 Å². The average molecular weight is 253 g/mol. The normalized spacial score (nSPS) is 10.7. The number of aromatic carboxylic acids is 1. The van der Waals surface area contributed by atoms with Gasteiger partial charge in [-0.1, -0.05) is 13.8 Å². The number of carbonyl (C=O) groups is 1. The van der Waals surface area contributed by atoms with Crippen LogP contribution in [0.25, 0.3) is 0 Å². The van der Waals surface area contributed by atoms with E-state index in [4.69, 9.17) is 9.84 Å². The zero-order valence-electron chi connectivity index (χ0n) is 11.0. The number of likely N-dealkylation sites (N-methyl/N-ethyl adjacent to an activating group) is 1. The molecule has 6 nitrogen and oxygen atoms in total. The average Bonchev–Trinajstić information content (AvgIpc) is 2.34. The van der Waals surface area contributed by atoms with E-state index in [2.05, 4.69) is 28.7 Å². The first-order valence-electron chi connectivity index (χ1n) is 6.00. The van der Waals surface area contributed by atoms with Gasteiger partial charge in [-0.3, -0.25) is 0 Å². The molecule has 0 aliphatic rings. The number of hydrogen-bond acceptors (Lipinski definition) is 5. The van der Waals surface area contributed by atoms with Crippen molar-refractivity contribution in [3.8, 4) is 6.01 Å². The number of aromatic nitrogens is 2. The van der Waals surface area contributed by atoms with E-state index in [1.165, 1.54) is 6.20 Å². The van der Waals surface area contributed by atoms with Gasteiger partial charge in [0.05, 0.1) is 11.3 Å². The second-order valence-electron chi connectivity index (χ2n) is 3.83. The minimum Gasteiger partial charge on any atom is -0.478 e. The molecule has 0 aromatic carbocycles. The van der Waals surface area contributed by atoms with Crippen LogP contribution in [0.1, 0.15) is 29.9 Å². The highest BCUT2D eigenvalue weighted by Crippen LogP contribution is 2.08. The summed E-state index contributed by atoms with van der Waals surface area (Å²) in [6.07, 6.45) is 1.28. The molecule has 0 amide bonds. The van der Waals surface area contributed by atoms with E-state index in [0.29, 0.717) is 12.3 Å². The van der Waals surface area contributed by atoms with Crippen molar-refractivity contribution in [3.63, 3.8) is 0 Å². The zero-order valence-corrected chi connectivity index (χ0v) is 11.0. The summed E-state index contributed by atoms with van der Waals surface area (Å²) in [6.45, 7) is 9.04. The third-order valence-corrected chi connectivity index (χ3v) is 2.72. The Morgan fingerprint density at radius 3 is 2.61 bits per heavy atom. The molecular weight excluding hydrogens is 234 g/mol. The van der Waals surface area contributed by atoms with Gasteiger partial charge in [0.25, 0.3) is 0 Å². The molecule has 1 aromatic rings. The molecule has 1 heterocycles. The standard InChI is InChI=1S/C12H19N3O3/c1-4-15(5-2)6-7-18-12-13-8-10(11(16)17)9(3)14-12/h8H,4-7H2,1-3H3,(H,16,17). The van der Waals surface area contributed by atoms with Crippen molar-refractivity contribution in [2.24, 2.45) is 0 Å². The third kappa shape index (κ3) is 3.96. The van der Waals surface area contributed by atoms with Gasteiger partial charge in [0, 0.05) is 12.7 Å². The van der Waals surface area contributed by atoms with Crippen LogP contribution in [0.5, 0.6) is 6.01 Å². The Balaban J connectivity index is 2.53. The summed E-state index contributed by atoms with van der Waals surface area (Å²) in [5, 5.41) is 8.84. The second-order valence-corrected chi connectivity index (χ2v) is 3.83. The van der Waals surface area contributed by atoms with Crippen LogP contribution in [0.15, 0.2) is 6.20 Å². The molecule has 0 aliphatic carbocycles. The predicted molar refractivity (Wildman–Crippen MR) is 67.0 cm³/mol. The molecule has 0 saturated heterocycles. The quantitative estimate of drug-likeness (QED) is 0.787. The van der Waals surface area contributed by atoms with Crippen molar-refractivity contribution in [2.45, 2.75) is 20.8 Å². The summed E-state index contributed by atoms with van der Waals surface area (Å²) in [5.41, 5.74) is 0.515. The van der Waals surface area contributed by atoms with E-state index in [-0.39, 0.29) is 11.6 Å². The molecule has 0 aliphatic heterocycles. The molecule has 1 rings (SSSR count). The first-order valence-corrected chi connectivity index (χ1v) is 6.00. The Bertz CT molecular complexity index is 406. The number of rotatable bonds is 7. The van der Waals surface area contributed by atoms with Gasteiger partial charge in [-0.05, 0) is 20.0 Å². The first-order chi connectivity index (χ1) is 8.58. The fourth-order valence-electron chi connectivity index (χ4n) is 1.53.